The zero-order chi connectivity index (χ0) is 25.6. The molecule has 1 saturated heterocycles. The van der Waals surface area contributed by atoms with Gasteiger partial charge in [0, 0.05) is 54.9 Å². The van der Waals surface area contributed by atoms with E-state index in [0.29, 0.717) is 12.8 Å². The number of aromatic amines is 1. The lowest BCUT2D eigenvalue weighted by Crippen LogP contribution is -2.65. The van der Waals surface area contributed by atoms with E-state index in [1.807, 2.05) is 42.6 Å². The van der Waals surface area contributed by atoms with Gasteiger partial charge in [-0.1, -0.05) is 42.5 Å². The van der Waals surface area contributed by atoms with Crippen LogP contribution in [0.4, 0.5) is 0 Å². The summed E-state index contributed by atoms with van der Waals surface area (Å²) in [5.41, 5.74) is 9.08. The Bertz CT molecular complexity index is 1280. The standard InChI is InChI=1S/C28H35N5O3/c1-27(2,29)26(35)32-24(15-20-17-31-23-10-6-4-8-21(20)23)25(34)33(36)13-11-28(12-14-33)18-30-16-19-7-3-5-9-22(19)28/h3-10,17,24,30-31H,11-16,18,29H2,1-2H3,(H,32,35)/t24-,28?,33?/m1/s1. The van der Waals surface area contributed by atoms with Crippen LogP contribution in [-0.2, 0) is 28.0 Å². The number of H-pyrrole nitrogens is 1. The van der Waals surface area contributed by atoms with Gasteiger partial charge in [0.2, 0.25) is 5.91 Å². The van der Waals surface area contributed by atoms with Crippen molar-refractivity contribution in [3.05, 3.63) is 76.6 Å². The van der Waals surface area contributed by atoms with Crippen molar-refractivity contribution in [1.82, 2.24) is 15.6 Å². The number of carbonyl (C=O) groups is 2. The lowest BCUT2D eigenvalue weighted by atomic mass is 9.69. The van der Waals surface area contributed by atoms with Crippen LogP contribution in [0.1, 0.15) is 43.4 Å². The molecule has 0 bridgehead atoms. The Hall–Kier alpha value is -3.04. The number of rotatable bonds is 5. The number of hydroxylamine groups is 3. The average Bonchev–Trinajstić information content (AvgIpc) is 3.27. The maximum Gasteiger partial charge on any atom is 0.336 e. The van der Waals surface area contributed by atoms with Gasteiger partial charge in [0.15, 0.2) is 0 Å². The number of nitrogens with one attached hydrogen (secondary N) is 3. The van der Waals surface area contributed by atoms with Crippen molar-refractivity contribution in [2.24, 2.45) is 5.73 Å². The quantitative estimate of drug-likeness (QED) is 0.324. The number of aromatic nitrogens is 1. The number of likely N-dealkylation sites (tertiary alicyclic amines) is 1. The molecular weight excluding hydrogens is 454 g/mol. The summed E-state index contributed by atoms with van der Waals surface area (Å²) in [6.45, 7) is 5.17. The Morgan fingerprint density at radius 2 is 1.83 bits per heavy atom. The van der Waals surface area contributed by atoms with Crippen molar-refractivity contribution in [2.75, 3.05) is 19.6 Å². The number of nitrogens with zero attached hydrogens (tertiary/aromatic N) is 1. The molecule has 2 aliphatic rings. The molecule has 1 atom stereocenters. The molecule has 3 aromatic rings. The number of hydrogen-bond donors (Lipinski definition) is 4. The summed E-state index contributed by atoms with van der Waals surface area (Å²) >= 11 is 0. The highest BCUT2D eigenvalue weighted by atomic mass is 16.6. The minimum absolute atomic E-state index is 0.143. The van der Waals surface area contributed by atoms with E-state index in [1.54, 1.807) is 13.8 Å². The summed E-state index contributed by atoms with van der Waals surface area (Å²) in [6.07, 6.45) is 3.29. The molecule has 36 heavy (non-hydrogen) atoms. The van der Waals surface area contributed by atoms with Crippen LogP contribution in [0.25, 0.3) is 10.9 Å². The summed E-state index contributed by atoms with van der Waals surface area (Å²) in [6, 6.07) is 15.2. The maximum absolute atomic E-state index is 14.0. The van der Waals surface area contributed by atoms with Gasteiger partial charge in [0.25, 0.3) is 0 Å². The highest BCUT2D eigenvalue weighted by molar-refractivity contribution is 5.90. The fourth-order valence-electron chi connectivity index (χ4n) is 5.76. The molecular formula is C28H35N5O3. The first-order chi connectivity index (χ1) is 17.1. The number of nitrogens with two attached hydrogens (primary N) is 1. The van der Waals surface area contributed by atoms with E-state index in [2.05, 4.69) is 27.8 Å². The Morgan fingerprint density at radius 3 is 2.58 bits per heavy atom. The third-order valence-corrected chi connectivity index (χ3v) is 7.96. The SMILES string of the molecule is CC(C)(N)C(=O)N[C@H](Cc1c[nH]c2ccccc12)C(=O)[N+]1([O-])CCC2(CC1)CNCc1ccccc12. The van der Waals surface area contributed by atoms with Gasteiger partial charge in [-0.15, -0.1) is 0 Å². The van der Waals surface area contributed by atoms with Crippen molar-refractivity contribution < 1.29 is 14.2 Å². The highest BCUT2D eigenvalue weighted by Gasteiger charge is 2.47. The molecule has 3 heterocycles. The van der Waals surface area contributed by atoms with Gasteiger partial charge >= 0.3 is 5.91 Å². The van der Waals surface area contributed by atoms with Crippen LogP contribution >= 0.6 is 0 Å². The zero-order valence-electron chi connectivity index (χ0n) is 21.0. The zero-order valence-corrected chi connectivity index (χ0v) is 21.0. The van der Waals surface area contributed by atoms with Crippen molar-refractivity contribution >= 4 is 22.7 Å². The largest absolute Gasteiger partial charge is 0.625 e. The number of para-hydroxylation sites is 1. The lowest BCUT2D eigenvalue weighted by Gasteiger charge is -2.52. The average molecular weight is 490 g/mol. The molecule has 190 valence electrons. The molecule has 2 amide bonds. The first-order valence-electron chi connectivity index (χ1n) is 12.7. The Morgan fingerprint density at radius 1 is 1.14 bits per heavy atom. The van der Waals surface area contributed by atoms with Gasteiger partial charge in [-0.05, 0) is 36.6 Å². The molecule has 5 N–H and O–H groups in total. The molecule has 2 aliphatic heterocycles. The molecule has 0 radical (unpaired) electrons. The predicted octanol–water partition coefficient (Wildman–Crippen LogP) is 2.61. The molecule has 8 heteroatoms. The minimum atomic E-state index is -1.17. The molecule has 0 aliphatic carbocycles. The van der Waals surface area contributed by atoms with Gasteiger partial charge in [0.05, 0.1) is 18.6 Å². The summed E-state index contributed by atoms with van der Waals surface area (Å²) < 4.78 is -0.942. The van der Waals surface area contributed by atoms with E-state index in [0.717, 1.165) is 29.6 Å². The molecule has 8 nitrogen and oxygen atoms in total. The number of quaternary nitrogens is 1. The van der Waals surface area contributed by atoms with Crippen LogP contribution in [0.2, 0.25) is 0 Å². The molecule has 1 aromatic heterocycles. The van der Waals surface area contributed by atoms with E-state index in [9.17, 15) is 14.8 Å². The van der Waals surface area contributed by atoms with Gasteiger partial charge in [-0.25, -0.2) is 4.79 Å². The van der Waals surface area contributed by atoms with Gasteiger partial charge in [-0.3, -0.25) is 9.44 Å². The maximum atomic E-state index is 14.0. The number of fused-ring (bicyclic) bond motifs is 3. The van der Waals surface area contributed by atoms with E-state index in [-0.39, 0.29) is 24.9 Å². The van der Waals surface area contributed by atoms with Crippen LogP contribution in [0.3, 0.4) is 0 Å². The lowest BCUT2D eigenvalue weighted by molar-refractivity contribution is -0.812. The number of amides is 2. The smallest absolute Gasteiger partial charge is 0.336 e. The van der Waals surface area contributed by atoms with Gasteiger partial charge < -0.3 is 26.6 Å². The summed E-state index contributed by atoms with van der Waals surface area (Å²) in [4.78, 5) is 29.9. The second kappa shape index (κ2) is 9.12. The molecule has 0 saturated carbocycles. The van der Waals surface area contributed by atoms with Gasteiger partial charge in [0.1, 0.15) is 6.04 Å². The fraction of sp³-hybridized carbons (Fsp3) is 0.429. The molecule has 2 aromatic carbocycles. The number of piperidine rings is 1. The normalized spacial score (nSPS) is 24.9. The van der Waals surface area contributed by atoms with Crippen molar-refractivity contribution in [2.45, 2.75) is 56.7 Å². The summed E-state index contributed by atoms with van der Waals surface area (Å²) in [7, 11) is 0. The van der Waals surface area contributed by atoms with Crippen LogP contribution in [-0.4, -0.2) is 52.7 Å². The molecule has 5 rings (SSSR count). The monoisotopic (exact) mass is 489 g/mol. The topological polar surface area (TPSA) is 123 Å². The highest BCUT2D eigenvalue weighted by Crippen LogP contribution is 2.41. The second-order valence-corrected chi connectivity index (χ2v) is 11.0. The number of benzene rings is 2. The fourth-order valence-corrected chi connectivity index (χ4v) is 5.76. The summed E-state index contributed by atoms with van der Waals surface area (Å²) in [5, 5.41) is 21.3. The first-order valence-corrected chi connectivity index (χ1v) is 12.7. The van der Waals surface area contributed by atoms with Crippen LogP contribution in [0.5, 0.6) is 0 Å². The first kappa shape index (κ1) is 24.6. The third-order valence-electron chi connectivity index (χ3n) is 7.96. The van der Waals surface area contributed by atoms with Crippen molar-refractivity contribution in [3.63, 3.8) is 0 Å². The van der Waals surface area contributed by atoms with Gasteiger partial charge in [-0.2, -0.15) is 0 Å². The van der Waals surface area contributed by atoms with E-state index in [4.69, 9.17) is 5.73 Å². The Balaban J connectivity index is 1.40. The van der Waals surface area contributed by atoms with Crippen molar-refractivity contribution in [3.8, 4) is 0 Å². The van der Waals surface area contributed by atoms with E-state index < -0.39 is 28.0 Å². The molecule has 0 unspecified atom stereocenters. The minimum Gasteiger partial charge on any atom is -0.625 e. The Kier molecular flexibility index (Phi) is 6.24. The van der Waals surface area contributed by atoms with Crippen molar-refractivity contribution in [1.29, 1.82) is 0 Å². The van der Waals surface area contributed by atoms with E-state index >= 15 is 0 Å². The molecule has 1 fully saturated rings. The summed E-state index contributed by atoms with van der Waals surface area (Å²) in [5.74, 6) is -0.962. The number of hydrogen-bond acceptors (Lipinski definition) is 5. The van der Waals surface area contributed by atoms with Crippen LogP contribution in [0, 0.1) is 5.21 Å². The molecule has 1 spiro atoms. The van der Waals surface area contributed by atoms with Crippen LogP contribution < -0.4 is 16.4 Å². The van der Waals surface area contributed by atoms with Crippen LogP contribution in [0.15, 0.2) is 54.7 Å². The second-order valence-electron chi connectivity index (χ2n) is 11.0. The third kappa shape index (κ3) is 4.46. The number of carbonyl (C=O) groups excluding carboxylic acids is 2. The Labute approximate surface area is 211 Å². The predicted molar refractivity (Wildman–Crippen MR) is 140 cm³/mol. The van der Waals surface area contributed by atoms with E-state index in [1.165, 1.54) is 11.1 Å².